The van der Waals surface area contributed by atoms with Crippen molar-refractivity contribution in [3.63, 3.8) is 0 Å². The molecule has 1 aromatic rings. The van der Waals surface area contributed by atoms with E-state index in [0.717, 1.165) is 13.0 Å². The second-order valence-electron chi connectivity index (χ2n) is 5.00. The van der Waals surface area contributed by atoms with E-state index in [1.807, 2.05) is 24.3 Å². The van der Waals surface area contributed by atoms with Gasteiger partial charge in [0.1, 0.15) is 0 Å². The summed E-state index contributed by atoms with van der Waals surface area (Å²) in [4.78, 5) is 0. The number of aliphatic hydroxyl groups excluding tert-OH is 1. The highest BCUT2D eigenvalue weighted by Crippen LogP contribution is 2.21. The van der Waals surface area contributed by atoms with Crippen LogP contribution in [-0.2, 0) is 11.3 Å². The number of hydrogen-bond acceptors (Lipinski definition) is 2. The van der Waals surface area contributed by atoms with E-state index < -0.39 is 0 Å². The van der Waals surface area contributed by atoms with Crippen molar-refractivity contribution in [2.75, 3.05) is 13.2 Å². The topological polar surface area (TPSA) is 29.5 Å². The molecule has 0 saturated heterocycles. The van der Waals surface area contributed by atoms with Crippen LogP contribution in [0.1, 0.15) is 25.8 Å². The van der Waals surface area contributed by atoms with Crippen LogP contribution in [0.25, 0.3) is 0 Å². The van der Waals surface area contributed by atoms with E-state index in [1.165, 1.54) is 5.56 Å². The Kier molecular flexibility index (Phi) is 5.95. The highest BCUT2D eigenvalue weighted by molar-refractivity contribution is 5.13. The molecule has 94 valence electrons. The third-order valence-electron chi connectivity index (χ3n) is 2.55. The van der Waals surface area contributed by atoms with Crippen LogP contribution < -0.4 is 0 Å². The van der Waals surface area contributed by atoms with Crippen molar-refractivity contribution < 1.29 is 9.84 Å². The molecule has 2 nitrogen and oxygen atoms in total. The fourth-order valence-corrected chi connectivity index (χ4v) is 1.56. The van der Waals surface area contributed by atoms with Crippen LogP contribution in [0.4, 0.5) is 0 Å². The highest BCUT2D eigenvalue weighted by atomic mass is 16.5. The molecule has 0 heterocycles. The van der Waals surface area contributed by atoms with Crippen molar-refractivity contribution in [3.8, 4) is 0 Å². The molecule has 0 aromatic heterocycles. The Morgan fingerprint density at radius 3 is 2.53 bits per heavy atom. The maximum atomic E-state index is 8.67. The number of benzene rings is 1. The summed E-state index contributed by atoms with van der Waals surface area (Å²) in [6.07, 6.45) is 4.70. The minimum atomic E-state index is 0.112. The zero-order valence-electron chi connectivity index (χ0n) is 10.7. The molecule has 17 heavy (non-hydrogen) atoms. The molecule has 0 bridgehead atoms. The Labute approximate surface area is 104 Å². The maximum Gasteiger partial charge on any atom is 0.0717 e. The SMILES string of the molecule is CC(C)(C/C=C/CO)COCc1ccccc1. The van der Waals surface area contributed by atoms with E-state index in [4.69, 9.17) is 9.84 Å². The predicted molar refractivity (Wildman–Crippen MR) is 70.7 cm³/mol. The lowest BCUT2D eigenvalue weighted by Crippen LogP contribution is -2.18. The molecule has 0 aliphatic carbocycles. The van der Waals surface area contributed by atoms with Crippen molar-refractivity contribution in [1.29, 1.82) is 0 Å². The molecular weight excluding hydrogens is 212 g/mol. The van der Waals surface area contributed by atoms with Gasteiger partial charge in [-0.05, 0) is 17.4 Å². The van der Waals surface area contributed by atoms with Crippen LogP contribution in [0.3, 0.4) is 0 Å². The lowest BCUT2D eigenvalue weighted by Gasteiger charge is -2.22. The van der Waals surface area contributed by atoms with E-state index in [0.29, 0.717) is 6.61 Å². The minimum Gasteiger partial charge on any atom is -0.392 e. The summed E-state index contributed by atoms with van der Waals surface area (Å²) in [6, 6.07) is 10.2. The maximum absolute atomic E-state index is 8.67. The molecule has 0 radical (unpaired) electrons. The summed E-state index contributed by atoms with van der Waals surface area (Å²) in [5.74, 6) is 0. The van der Waals surface area contributed by atoms with E-state index in [9.17, 15) is 0 Å². The Hall–Kier alpha value is -1.12. The average Bonchev–Trinajstić information content (AvgIpc) is 2.30. The molecule has 1 N–H and O–H groups in total. The normalized spacial score (nSPS) is 12.2. The first kappa shape index (κ1) is 13.9. The molecule has 0 fully saturated rings. The van der Waals surface area contributed by atoms with Crippen LogP contribution in [0.15, 0.2) is 42.5 Å². The largest absolute Gasteiger partial charge is 0.392 e. The summed E-state index contributed by atoms with van der Waals surface area (Å²) >= 11 is 0. The smallest absolute Gasteiger partial charge is 0.0717 e. The molecule has 0 saturated carbocycles. The van der Waals surface area contributed by atoms with E-state index >= 15 is 0 Å². The minimum absolute atomic E-state index is 0.112. The van der Waals surface area contributed by atoms with Crippen LogP contribution >= 0.6 is 0 Å². The molecule has 0 aliphatic rings. The quantitative estimate of drug-likeness (QED) is 0.734. The van der Waals surface area contributed by atoms with E-state index in [2.05, 4.69) is 26.0 Å². The van der Waals surface area contributed by atoms with Gasteiger partial charge in [0, 0.05) is 0 Å². The van der Waals surface area contributed by atoms with Gasteiger partial charge in [0.15, 0.2) is 0 Å². The summed E-state index contributed by atoms with van der Waals surface area (Å²) in [7, 11) is 0. The lowest BCUT2D eigenvalue weighted by atomic mass is 9.90. The van der Waals surface area contributed by atoms with E-state index in [-0.39, 0.29) is 12.0 Å². The molecule has 0 aliphatic heterocycles. The first-order valence-electron chi connectivity index (χ1n) is 6.01. The van der Waals surface area contributed by atoms with Gasteiger partial charge >= 0.3 is 0 Å². The molecular formula is C15H22O2. The van der Waals surface area contributed by atoms with Gasteiger partial charge in [0.05, 0.1) is 19.8 Å². The van der Waals surface area contributed by atoms with E-state index in [1.54, 1.807) is 6.08 Å². The Morgan fingerprint density at radius 1 is 1.18 bits per heavy atom. The molecule has 0 unspecified atom stereocenters. The zero-order chi connectivity index (χ0) is 12.6. The van der Waals surface area contributed by atoms with Gasteiger partial charge < -0.3 is 9.84 Å². The number of ether oxygens (including phenoxy) is 1. The molecule has 1 rings (SSSR count). The van der Waals surface area contributed by atoms with Gasteiger partial charge in [-0.1, -0.05) is 56.3 Å². The summed E-state index contributed by atoms with van der Waals surface area (Å²) in [6.45, 7) is 5.83. The molecule has 0 amide bonds. The van der Waals surface area contributed by atoms with Crippen LogP contribution in [-0.4, -0.2) is 18.3 Å². The molecule has 0 spiro atoms. The van der Waals surface area contributed by atoms with Gasteiger partial charge in [0.2, 0.25) is 0 Å². The van der Waals surface area contributed by atoms with Crippen LogP contribution in [0, 0.1) is 5.41 Å². The number of allylic oxidation sites excluding steroid dienone is 1. The average molecular weight is 234 g/mol. The van der Waals surface area contributed by atoms with Crippen molar-refractivity contribution >= 4 is 0 Å². The number of aliphatic hydroxyl groups is 1. The molecule has 2 heteroatoms. The summed E-state index contributed by atoms with van der Waals surface area (Å²) < 4.78 is 5.72. The zero-order valence-corrected chi connectivity index (χ0v) is 10.7. The third kappa shape index (κ3) is 6.25. The van der Waals surface area contributed by atoms with Crippen molar-refractivity contribution in [2.24, 2.45) is 5.41 Å². The Balaban J connectivity index is 2.27. The third-order valence-corrected chi connectivity index (χ3v) is 2.55. The van der Waals surface area contributed by atoms with Gasteiger partial charge in [-0.3, -0.25) is 0 Å². The van der Waals surface area contributed by atoms with Crippen LogP contribution in [0.2, 0.25) is 0 Å². The predicted octanol–water partition coefficient (Wildman–Crippen LogP) is 3.17. The summed E-state index contributed by atoms with van der Waals surface area (Å²) in [5.41, 5.74) is 1.31. The second kappa shape index (κ2) is 7.25. The van der Waals surface area contributed by atoms with Gasteiger partial charge in [-0.25, -0.2) is 0 Å². The molecule has 1 aromatic carbocycles. The highest BCUT2D eigenvalue weighted by Gasteiger charge is 2.16. The molecule has 0 atom stereocenters. The van der Waals surface area contributed by atoms with Gasteiger partial charge in [-0.2, -0.15) is 0 Å². The Bertz CT molecular complexity index is 328. The Morgan fingerprint density at radius 2 is 1.88 bits per heavy atom. The van der Waals surface area contributed by atoms with Crippen molar-refractivity contribution in [2.45, 2.75) is 26.9 Å². The lowest BCUT2D eigenvalue weighted by molar-refractivity contribution is 0.0526. The first-order valence-corrected chi connectivity index (χ1v) is 6.01. The number of rotatable bonds is 7. The standard InChI is InChI=1S/C15H22O2/c1-15(2,10-6-7-11-16)13-17-12-14-8-4-3-5-9-14/h3-9,16H,10-13H2,1-2H3/b7-6+. The fraction of sp³-hybridized carbons (Fsp3) is 0.467. The monoisotopic (exact) mass is 234 g/mol. The summed E-state index contributed by atoms with van der Waals surface area (Å²) in [5, 5.41) is 8.67. The first-order chi connectivity index (χ1) is 8.14. The van der Waals surface area contributed by atoms with Crippen molar-refractivity contribution in [1.82, 2.24) is 0 Å². The second-order valence-corrected chi connectivity index (χ2v) is 5.00. The van der Waals surface area contributed by atoms with Gasteiger partial charge in [-0.15, -0.1) is 0 Å². The van der Waals surface area contributed by atoms with Crippen LogP contribution in [0.5, 0.6) is 0 Å². The number of hydrogen-bond donors (Lipinski definition) is 1. The van der Waals surface area contributed by atoms with Gasteiger partial charge in [0.25, 0.3) is 0 Å². The fourth-order valence-electron chi connectivity index (χ4n) is 1.56. The van der Waals surface area contributed by atoms with Crippen molar-refractivity contribution in [3.05, 3.63) is 48.0 Å².